The smallest absolute Gasteiger partial charge is 0.141 e. The van der Waals surface area contributed by atoms with Crippen LogP contribution in [0.4, 0.5) is 0 Å². The van der Waals surface area contributed by atoms with Crippen LogP contribution in [-0.4, -0.2) is 25.0 Å². The van der Waals surface area contributed by atoms with Crippen LogP contribution in [0.1, 0.15) is 0 Å². The van der Waals surface area contributed by atoms with Gasteiger partial charge in [-0.1, -0.05) is 35.0 Å². The number of para-hydroxylation sites is 1. The van der Waals surface area contributed by atoms with E-state index in [-0.39, 0.29) is 0 Å². The van der Waals surface area contributed by atoms with E-state index < -0.39 is 0 Å². The van der Waals surface area contributed by atoms with Gasteiger partial charge in [-0.2, -0.15) is 0 Å². The molecule has 5 nitrogen and oxygen atoms in total. The van der Waals surface area contributed by atoms with Crippen molar-refractivity contribution in [2.75, 3.05) is 0 Å². The zero-order valence-electron chi connectivity index (χ0n) is 9.23. The third kappa shape index (κ3) is 1.84. The van der Waals surface area contributed by atoms with E-state index in [9.17, 15) is 0 Å². The second-order valence-corrected chi connectivity index (χ2v) is 3.95. The summed E-state index contributed by atoms with van der Waals surface area (Å²) in [6, 6.07) is 9.69. The standard InChI is InChI=1S/C12H8ClN5/c13-12-10(6-14-8-15-12)11-7-16-17-18(11)9-4-2-1-3-5-9/h1-8H. The highest BCUT2D eigenvalue weighted by atomic mass is 35.5. The molecule has 0 radical (unpaired) electrons. The van der Waals surface area contributed by atoms with Crippen LogP contribution in [0.5, 0.6) is 0 Å². The van der Waals surface area contributed by atoms with Crippen LogP contribution in [0.3, 0.4) is 0 Å². The summed E-state index contributed by atoms with van der Waals surface area (Å²) in [6.45, 7) is 0. The molecule has 18 heavy (non-hydrogen) atoms. The van der Waals surface area contributed by atoms with E-state index in [4.69, 9.17) is 11.6 Å². The summed E-state index contributed by atoms with van der Waals surface area (Å²) in [7, 11) is 0. The summed E-state index contributed by atoms with van der Waals surface area (Å²) >= 11 is 6.06. The van der Waals surface area contributed by atoms with Gasteiger partial charge in [-0.3, -0.25) is 0 Å². The van der Waals surface area contributed by atoms with Gasteiger partial charge in [-0.25, -0.2) is 14.6 Å². The second-order valence-electron chi connectivity index (χ2n) is 3.59. The van der Waals surface area contributed by atoms with Gasteiger partial charge in [-0.15, -0.1) is 5.10 Å². The first kappa shape index (κ1) is 10.9. The number of hydrogen-bond acceptors (Lipinski definition) is 4. The molecule has 0 aliphatic rings. The minimum Gasteiger partial charge on any atom is -0.244 e. The largest absolute Gasteiger partial charge is 0.244 e. The third-order valence-corrected chi connectivity index (χ3v) is 2.79. The van der Waals surface area contributed by atoms with Gasteiger partial charge in [0.1, 0.15) is 11.5 Å². The Morgan fingerprint density at radius 1 is 1.06 bits per heavy atom. The van der Waals surface area contributed by atoms with Crippen LogP contribution in [0.2, 0.25) is 5.15 Å². The molecular weight excluding hydrogens is 250 g/mol. The van der Waals surface area contributed by atoms with Gasteiger partial charge in [-0.05, 0) is 12.1 Å². The molecule has 3 aromatic rings. The average Bonchev–Trinajstić information content (AvgIpc) is 2.89. The van der Waals surface area contributed by atoms with Gasteiger partial charge >= 0.3 is 0 Å². The number of benzene rings is 1. The van der Waals surface area contributed by atoms with Gasteiger partial charge in [0.15, 0.2) is 0 Å². The van der Waals surface area contributed by atoms with E-state index >= 15 is 0 Å². The zero-order chi connectivity index (χ0) is 12.4. The first-order valence-corrected chi connectivity index (χ1v) is 5.66. The van der Waals surface area contributed by atoms with Crippen molar-refractivity contribution in [2.45, 2.75) is 0 Å². The monoisotopic (exact) mass is 257 g/mol. The molecule has 2 heterocycles. The van der Waals surface area contributed by atoms with Crippen LogP contribution < -0.4 is 0 Å². The number of hydrogen-bond donors (Lipinski definition) is 0. The summed E-state index contributed by atoms with van der Waals surface area (Å²) in [4.78, 5) is 7.93. The van der Waals surface area contributed by atoms with Crippen molar-refractivity contribution in [1.29, 1.82) is 0 Å². The molecule has 1 aromatic carbocycles. The van der Waals surface area contributed by atoms with Crippen molar-refractivity contribution >= 4 is 11.6 Å². The number of nitrogens with zero attached hydrogens (tertiary/aromatic N) is 5. The first-order chi connectivity index (χ1) is 8.86. The fourth-order valence-corrected chi connectivity index (χ4v) is 1.85. The highest BCUT2D eigenvalue weighted by Gasteiger charge is 2.12. The molecule has 0 N–H and O–H groups in total. The van der Waals surface area contributed by atoms with Crippen molar-refractivity contribution < 1.29 is 0 Å². The lowest BCUT2D eigenvalue weighted by Gasteiger charge is -2.06. The van der Waals surface area contributed by atoms with Crippen molar-refractivity contribution in [3.05, 3.63) is 54.2 Å². The third-order valence-electron chi connectivity index (χ3n) is 2.49. The Morgan fingerprint density at radius 3 is 2.67 bits per heavy atom. The fraction of sp³-hybridized carbons (Fsp3) is 0. The molecule has 0 unspecified atom stereocenters. The molecule has 0 atom stereocenters. The van der Waals surface area contributed by atoms with E-state index in [2.05, 4.69) is 20.3 Å². The van der Waals surface area contributed by atoms with E-state index in [1.807, 2.05) is 30.3 Å². The summed E-state index contributed by atoms with van der Waals surface area (Å²) in [5, 5.41) is 8.35. The van der Waals surface area contributed by atoms with Crippen molar-refractivity contribution in [1.82, 2.24) is 25.0 Å². The number of halogens is 1. The molecule has 0 fully saturated rings. The average molecular weight is 258 g/mol. The lowest BCUT2D eigenvalue weighted by molar-refractivity contribution is 0.807. The Labute approximate surface area is 108 Å². The SMILES string of the molecule is Clc1ncncc1-c1cnnn1-c1ccccc1. The Bertz CT molecular complexity index is 665. The predicted octanol–water partition coefficient (Wildman–Crippen LogP) is 2.38. The highest BCUT2D eigenvalue weighted by molar-refractivity contribution is 6.31. The second kappa shape index (κ2) is 4.54. The molecule has 0 aliphatic carbocycles. The minimum absolute atomic E-state index is 0.379. The van der Waals surface area contributed by atoms with Gasteiger partial charge in [0.25, 0.3) is 0 Å². The molecule has 0 saturated carbocycles. The van der Waals surface area contributed by atoms with E-state index in [0.29, 0.717) is 10.7 Å². The summed E-state index contributed by atoms with van der Waals surface area (Å²) in [5.41, 5.74) is 2.37. The van der Waals surface area contributed by atoms with E-state index in [1.54, 1.807) is 17.1 Å². The normalized spacial score (nSPS) is 10.5. The lowest BCUT2D eigenvalue weighted by Crippen LogP contribution is -1.99. The first-order valence-electron chi connectivity index (χ1n) is 5.28. The highest BCUT2D eigenvalue weighted by Crippen LogP contribution is 2.25. The van der Waals surface area contributed by atoms with Crippen LogP contribution in [0.25, 0.3) is 16.9 Å². The Hall–Kier alpha value is -2.27. The zero-order valence-corrected chi connectivity index (χ0v) is 9.99. The summed E-state index contributed by atoms with van der Waals surface area (Å²) in [6.07, 6.45) is 4.69. The quantitative estimate of drug-likeness (QED) is 0.662. The van der Waals surface area contributed by atoms with Gasteiger partial charge in [0.2, 0.25) is 0 Å². The summed E-state index contributed by atoms with van der Waals surface area (Å²) < 4.78 is 1.70. The predicted molar refractivity (Wildman–Crippen MR) is 67.4 cm³/mol. The lowest BCUT2D eigenvalue weighted by atomic mass is 10.2. The maximum atomic E-state index is 6.06. The van der Waals surface area contributed by atoms with Crippen molar-refractivity contribution in [2.24, 2.45) is 0 Å². The van der Waals surface area contributed by atoms with Crippen molar-refractivity contribution in [3.8, 4) is 16.9 Å². The van der Waals surface area contributed by atoms with Crippen LogP contribution >= 0.6 is 11.6 Å². The molecule has 3 rings (SSSR count). The molecule has 0 spiro atoms. The van der Waals surface area contributed by atoms with E-state index in [0.717, 1.165) is 11.4 Å². The molecule has 0 bridgehead atoms. The molecule has 0 amide bonds. The van der Waals surface area contributed by atoms with Crippen LogP contribution in [0, 0.1) is 0 Å². The van der Waals surface area contributed by atoms with Gasteiger partial charge in [0, 0.05) is 6.20 Å². The van der Waals surface area contributed by atoms with Gasteiger partial charge < -0.3 is 0 Å². The molecule has 0 saturated heterocycles. The van der Waals surface area contributed by atoms with Crippen LogP contribution in [-0.2, 0) is 0 Å². The Morgan fingerprint density at radius 2 is 1.89 bits per heavy atom. The Balaban J connectivity index is 2.16. The number of rotatable bonds is 2. The molecule has 2 aromatic heterocycles. The maximum Gasteiger partial charge on any atom is 0.141 e. The number of aromatic nitrogens is 5. The van der Waals surface area contributed by atoms with Gasteiger partial charge in [0.05, 0.1) is 23.1 Å². The Kier molecular flexibility index (Phi) is 2.74. The topological polar surface area (TPSA) is 56.5 Å². The van der Waals surface area contributed by atoms with Crippen molar-refractivity contribution in [3.63, 3.8) is 0 Å². The molecular formula is C12H8ClN5. The van der Waals surface area contributed by atoms with E-state index in [1.165, 1.54) is 6.33 Å². The molecule has 0 aliphatic heterocycles. The molecule has 88 valence electrons. The summed E-state index contributed by atoms with van der Waals surface area (Å²) in [5.74, 6) is 0. The maximum absolute atomic E-state index is 6.06. The minimum atomic E-state index is 0.379. The van der Waals surface area contributed by atoms with Crippen LogP contribution in [0.15, 0.2) is 49.1 Å². The fourth-order valence-electron chi connectivity index (χ4n) is 1.67. The molecule has 6 heteroatoms.